The van der Waals surface area contributed by atoms with Gasteiger partial charge in [0.15, 0.2) is 5.96 Å². The van der Waals surface area contributed by atoms with Gasteiger partial charge in [-0.2, -0.15) is 0 Å². The molecule has 1 heterocycles. The second-order valence-corrected chi connectivity index (χ2v) is 6.51. The third-order valence-electron chi connectivity index (χ3n) is 4.35. The van der Waals surface area contributed by atoms with Gasteiger partial charge in [-0.25, -0.2) is 0 Å². The van der Waals surface area contributed by atoms with Gasteiger partial charge in [-0.15, -0.1) is 24.0 Å². The van der Waals surface area contributed by atoms with Crippen LogP contribution in [0, 0.1) is 5.92 Å². The van der Waals surface area contributed by atoms with Gasteiger partial charge in [-0.3, -0.25) is 4.99 Å². The minimum absolute atomic E-state index is 0. The predicted octanol–water partition coefficient (Wildman–Crippen LogP) is 3.13. The van der Waals surface area contributed by atoms with Crippen molar-refractivity contribution in [3.63, 3.8) is 0 Å². The number of guanidine groups is 1. The Balaban J connectivity index is 0.00000288. The standard InChI is InChI=1S/C19H32N4.HI/c1-3-20-19(22-15-18-12-8-14-23(2)16-18)21-13-7-11-17-9-5-4-6-10-17;/h4-6,9-10,18H,3,7-8,11-16H2,1-2H3,(H2,20,21,22);1H. The smallest absolute Gasteiger partial charge is 0.191 e. The van der Waals surface area contributed by atoms with Gasteiger partial charge in [0.1, 0.15) is 0 Å². The maximum Gasteiger partial charge on any atom is 0.191 e. The normalized spacial score (nSPS) is 18.8. The fraction of sp³-hybridized carbons (Fsp3) is 0.632. The molecule has 24 heavy (non-hydrogen) atoms. The van der Waals surface area contributed by atoms with Crippen LogP contribution in [0.15, 0.2) is 35.3 Å². The van der Waals surface area contributed by atoms with E-state index < -0.39 is 0 Å². The molecule has 1 saturated heterocycles. The molecule has 0 saturated carbocycles. The lowest BCUT2D eigenvalue weighted by Gasteiger charge is -2.28. The van der Waals surface area contributed by atoms with Crippen molar-refractivity contribution in [2.75, 3.05) is 39.8 Å². The van der Waals surface area contributed by atoms with Gasteiger partial charge in [-0.05, 0) is 57.7 Å². The van der Waals surface area contributed by atoms with Crippen LogP contribution < -0.4 is 10.6 Å². The first kappa shape index (κ1) is 21.2. The van der Waals surface area contributed by atoms with E-state index in [1.54, 1.807) is 0 Å². The zero-order valence-corrected chi connectivity index (χ0v) is 17.5. The van der Waals surface area contributed by atoms with E-state index in [1.165, 1.54) is 31.5 Å². The number of aliphatic imine (C=N–C) groups is 1. The molecule has 4 nitrogen and oxygen atoms in total. The van der Waals surface area contributed by atoms with Crippen LogP contribution in [0.2, 0.25) is 0 Å². The van der Waals surface area contributed by atoms with Crippen LogP contribution in [0.5, 0.6) is 0 Å². The molecule has 1 atom stereocenters. The lowest BCUT2D eigenvalue weighted by Crippen LogP contribution is -2.39. The maximum absolute atomic E-state index is 4.78. The second kappa shape index (κ2) is 12.5. The fourth-order valence-corrected chi connectivity index (χ4v) is 3.13. The number of halogens is 1. The van der Waals surface area contributed by atoms with Crippen LogP contribution in [0.3, 0.4) is 0 Å². The third kappa shape index (κ3) is 8.33. The molecule has 0 spiro atoms. The highest BCUT2D eigenvalue weighted by Gasteiger charge is 2.16. The zero-order valence-electron chi connectivity index (χ0n) is 15.1. The van der Waals surface area contributed by atoms with Crippen molar-refractivity contribution >= 4 is 29.9 Å². The summed E-state index contributed by atoms with van der Waals surface area (Å²) in [6, 6.07) is 10.7. The Kier molecular flexibility index (Phi) is 11.1. The van der Waals surface area contributed by atoms with Crippen LogP contribution in [0.4, 0.5) is 0 Å². The topological polar surface area (TPSA) is 39.7 Å². The summed E-state index contributed by atoms with van der Waals surface area (Å²) in [6.07, 6.45) is 4.85. The summed E-state index contributed by atoms with van der Waals surface area (Å²) in [5.74, 6) is 1.67. The number of benzene rings is 1. The van der Waals surface area contributed by atoms with Crippen molar-refractivity contribution in [3.8, 4) is 0 Å². The van der Waals surface area contributed by atoms with Crippen molar-refractivity contribution in [2.45, 2.75) is 32.6 Å². The molecule has 0 bridgehead atoms. The Bertz CT molecular complexity index is 464. The van der Waals surface area contributed by atoms with Gasteiger partial charge < -0.3 is 15.5 Å². The Labute approximate surface area is 164 Å². The third-order valence-corrected chi connectivity index (χ3v) is 4.35. The van der Waals surface area contributed by atoms with Crippen LogP contribution in [0.25, 0.3) is 0 Å². The highest BCUT2D eigenvalue weighted by atomic mass is 127. The second-order valence-electron chi connectivity index (χ2n) is 6.51. The molecule has 1 aliphatic heterocycles. The summed E-state index contributed by atoms with van der Waals surface area (Å²) in [5, 5.41) is 6.82. The van der Waals surface area contributed by atoms with E-state index in [2.05, 4.69) is 59.8 Å². The van der Waals surface area contributed by atoms with Crippen LogP contribution in [-0.2, 0) is 6.42 Å². The predicted molar refractivity (Wildman–Crippen MR) is 114 cm³/mol. The summed E-state index contributed by atoms with van der Waals surface area (Å²) < 4.78 is 0. The lowest BCUT2D eigenvalue weighted by molar-refractivity contribution is 0.214. The van der Waals surface area contributed by atoms with Crippen LogP contribution in [-0.4, -0.2) is 50.6 Å². The number of hydrogen-bond donors (Lipinski definition) is 2. The molecule has 1 aliphatic rings. The molecule has 2 rings (SSSR count). The Hall–Kier alpha value is -0.820. The Morgan fingerprint density at radius 2 is 2.04 bits per heavy atom. The fourth-order valence-electron chi connectivity index (χ4n) is 3.13. The van der Waals surface area contributed by atoms with Crippen LogP contribution in [0.1, 0.15) is 31.7 Å². The first-order chi connectivity index (χ1) is 11.3. The molecule has 5 heteroatoms. The largest absolute Gasteiger partial charge is 0.357 e. The first-order valence-corrected chi connectivity index (χ1v) is 9.02. The summed E-state index contributed by atoms with van der Waals surface area (Å²) >= 11 is 0. The monoisotopic (exact) mass is 444 g/mol. The molecule has 1 unspecified atom stereocenters. The van der Waals surface area contributed by atoms with E-state index in [4.69, 9.17) is 4.99 Å². The van der Waals surface area contributed by atoms with Gasteiger partial charge in [0.2, 0.25) is 0 Å². The van der Waals surface area contributed by atoms with E-state index in [-0.39, 0.29) is 24.0 Å². The molecular weight excluding hydrogens is 411 g/mol. The van der Waals surface area contributed by atoms with E-state index in [0.29, 0.717) is 5.92 Å². The molecule has 1 fully saturated rings. The number of likely N-dealkylation sites (tertiary alicyclic amines) is 1. The number of hydrogen-bond acceptors (Lipinski definition) is 2. The van der Waals surface area contributed by atoms with Crippen molar-refractivity contribution in [1.29, 1.82) is 0 Å². The average Bonchev–Trinajstić information content (AvgIpc) is 2.57. The molecule has 0 aromatic heterocycles. The van der Waals surface area contributed by atoms with Gasteiger partial charge in [0, 0.05) is 26.2 Å². The Morgan fingerprint density at radius 1 is 1.25 bits per heavy atom. The minimum Gasteiger partial charge on any atom is -0.357 e. The number of nitrogens with one attached hydrogen (secondary N) is 2. The molecule has 1 aromatic carbocycles. The Morgan fingerprint density at radius 3 is 2.75 bits per heavy atom. The molecule has 136 valence electrons. The van der Waals surface area contributed by atoms with E-state index in [1.807, 2.05) is 0 Å². The van der Waals surface area contributed by atoms with E-state index >= 15 is 0 Å². The van der Waals surface area contributed by atoms with Gasteiger partial charge in [0.05, 0.1) is 0 Å². The highest BCUT2D eigenvalue weighted by Crippen LogP contribution is 2.14. The maximum atomic E-state index is 4.78. The molecule has 0 amide bonds. The van der Waals surface area contributed by atoms with Crippen molar-refractivity contribution in [1.82, 2.24) is 15.5 Å². The molecule has 0 aliphatic carbocycles. The summed E-state index contributed by atoms with van der Waals surface area (Å²) in [5.41, 5.74) is 1.40. The number of nitrogens with zero attached hydrogens (tertiary/aromatic N) is 2. The van der Waals surface area contributed by atoms with Crippen molar-refractivity contribution in [3.05, 3.63) is 35.9 Å². The van der Waals surface area contributed by atoms with Gasteiger partial charge in [-0.1, -0.05) is 30.3 Å². The average molecular weight is 444 g/mol. The van der Waals surface area contributed by atoms with Crippen LogP contribution >= 0.6 is 24.0 Å². The highest BCUT2D eigenvalue weighted by molar-refractivity contribution is 14.0. The number of piperidine rings is 1. The van der Waals surface area contributed by atoms with E-state index in [9.17, 15) is 0 Å². The SMILES string of the molecule is CCNC(=NCC1CCCN(C)C1)NCCCc1ccccc1.I. The van der Waals surface area contributed by atoms with Gasteiger partial charge in [0.25, 0.3) is 0 Å². The molecule has 0 radical (unpaired) electrons. The number of aryl methyl sites for hydroxylation is 1. The first-order valence-electron chi connectivity index (χ1n) is 9.02. The van der Waals surface area contributed by atoms with Crippen molar-refractivity contribution < 1.29 is 0 Å². The zero-order chi connectivity index (χ0) is 16.3. The summed E-state index contributed by atoms with van der Waals surface area (Å²) in [6.45, 7) is 7.34. The molecule has 1 aromatic rings. The van der Waals surface area contributed by atoms with Crippen molar-refractivity contribution in [2.24, 2.45) is 10.9 Å². The lowest BCUT2D eigenvalue weighted by atomic mass is 9.99. The molecule has 2 N–H and O–H groups in total. The number of rotatable bonds is 7. The minimum atomic E-state index is 0. The van der Waals surface area contributed by atoms with Gasteiger partial charge >= 0.3 is 0 Å². The summed E-state index contributed by atoms with van der Waals surface area (Å²) in [4.78, 5) is 7.20. The van der Waals surface area contributed by atoms with E-state index in [0.717, 1.165) is 38.4 Å². The quantitative estimate of drug-likeness (QED) is 0.294. The molecular formula is C19H33IN4. The summed E-state index contributed by atoms with van der Waals surface area (Å²) in [7, 11) is 2.21.